The summed E-state index contributed by atoms with van der Waals surface area (Å²) >= 11 is 1.60. The highest BCUT2D eigenvalue weighted by molar-refractivity contribution is 8.00. The van der Waals surface area contributed by atoms with E-state index in [-0.39, 0.29) is 5.91 Å². The number of piperidine rings is 1. The topological polar surface area (TPSA) is 41.6 Å². The van der Waals surface area contributed by atoms with Crippen molar-refractivity contribution in [3.05, 3.63) is 24.3 Å². The fraction of sp³-hybridized carbons (Fsp3) is 0.611. The number of fused-ring (bicyclic) bond motifs is 2. The summed E-state index contributed by atoms with van der Waals surface area (Å²) in [5.74, 6) is 1.62. The Hall–Kier alpha value is -1.20. The van der Waals surface area contributed by atoms with Crippen LogP contribution < -0.4 is 10.1 Å². The zero-order chi connectivity index (χ0) is 16.2. The van der Waals surface area contributed by atoms with E-state index in [2.05, 4.69) is 5.32 Å². The van der Waals surface area contributed by atoms with Crippen molar-refractivity contribution in [2.24, 2.45) is 0 Å². The lowest BCUT2D eigenvalue weighted by Gasteiger charge is -2.35. The van der Waals surface area contributed by atoms with Gasteiger partial charge >= 0.3 is 0 Å². The van der Waals surface area contributed by atoms with Crippen LogP contribution in [0.25, 0.3) is 0 Å². The van der Waals surface area contributed by atoms with Crippen LogP contribution in [0.3, 0.4) is 0 Å². The SMILES string of the molecule is CCOc1ccc(SCC(=O)N(C)C2CC3CCC(C2)N3)cc1. The number of carbonyl (C=O) groups excluding carboxylic acids is 1. The lowest BCUT2D eigenvalue weighted by Crippen LogP contribution is -2.49. The fourth-order valence-corrected chi connectivity index (χ4v) is 4.42. The second-order valence-corrected chi connectivity index (χ2v) is 7.51. The first-order valence-electron chi connectivity index (χ1n) is 8.53. The summed E-state index contributed by atoms with van der Waals surface area (Å²) in [4.78, 5) is 15.6. The molecule has 2 atom stereocenters. The Morgan fingerprint density at radius 1 is 1.26 bits per heavy atom. The molecule has 2 saturated heterocycles. The first-order chi connectivity index (χ1) is 11.2. The van der Waals surface area contributed by atoms with Gasteiger partial charge in [-0.25, -0.2) is 0 Å². The van der Waals surface area contributed by atoms with Gasteiger partial charge in [0.25, 0.3) is 0 Å². The van der Waals surface area contributed by atoms with Gasteiger partial charge in [0.15, 0.2) is 0 Å². The van der Waals surface area contributed by atoms with Crippen molar-refractivity contribution in [1.82, 2.24) is 10.2 Å². The second-order valence-electron chi connectivity index (χ2n) is 6.46. The van der Waals surface area contributed by atoms with Crippen LogP contribution in [0.15, 0.2) is 29.2 Å². The predicted octanol–water partition coefficient (Wildman–Crippen LogP) is 2.92. The molecule has 0 aromatic heterocycles. The van der Waals surface area contributed by atoms with Crippen LogP contribution >= 0.6 is 11.8 Å². The average molecular weight is 334 g/mol. The van der Waals surface area contributed by atoms with Gasteiger partial charge < -0.3 is 15.0 Å². The molecule has 0 spiro atoms. The summed E-state index contributed by atoms with van der Waals surface area (Å²) in [5.41, 5.74) is 0. The number of benzene rings is 1. The van der Waals surface area contributed by atoms with E-state index in [1.54, 1.807) is 11.8 Å². The largest absolute Gasteiger partial charge is 0.494 e. The highest BCUT2D eigenvalue weighted by atomic mass is 32.2. The van der Waals surface area contributed by atoms with Gasteiger partial charge in [-0.15, -0.1) is 11.8 Å². The van der Waals surface area contributed by atoms with Gasteiger partial charge in [-0.3, -0.25) is 4.79 Å². The van der Waals surface area contributed by atoms with Gasteiger partial charge in [-0.2, -0.15) is 0 Å². The van der Waals surface area contributed by atoms with Gasteiger partial charge in [-0.1, -0.05) is 0 Å². The number of nitrogens with zero attached hydrogens (tertiary/aromatic N) is 1. The molecule has 2 aliphatic heterocycles. The van der Waals surface area contributed by atoms with Crippen molar-refractivity contribution in [3.63, 3.8) is 0 Å². The maximum Gasteiger partial charge on any atom is 0.232 e. The summed E-state index contributed by atoms with van der Waals surface area (Å²) in [5, 5.41) is 3.63. The molecule has 1 N–H and O–H groups in total. The van der Waals surface area contributed by atoms with Crippen LogP contribution in [0.4, 0.5) is 0 Å². The molecule has 2 bridgehead atoms. The van der Waals surface area contributed by atoms with Crippen LogP contribution in [0.2, 0.25) is 0 Å². The number of nitrogens with one attached hydrogen (secondary N) is 1. The number of rotatable bonds is 6. The van der Waals surface area contributed by atoms with Gasteiger partial charge in [-0.05, 0) is 56.9 Å². The highest BCUT2D eigenvalue weighted by Crippen LogP contribution is 2.30. The van der Waals surface area contributed by atoms with Crippen LogP contribution in [0.5, 0.6) is 5.75 Å². The van der Waals surface area contributed by atoms with Crippen LogP contribution in [-0.2, 0) is 4.79 Å². The third kappa shape index (κ3) is 4.21. The molecule has 2 heterocycles. The van der Waals surface area contributed by atoms with Gasteiger partial charge in [0.1, 0.15) is 5.75 Å². The molecule has 1 aromatic rings. The number of ether oxygens (including phenoxy) is 1. The van der Waals surface area contributed by atoms with E-state index >= 15 is 0 Å². The minimum Gasteiger partial charge on any atom is -0.494 e. The van der Waals surface area contributed by atoms with Crippen LogP contribution in [0, 0.1) is 0 Å². The zero-order valence-electron chi connectivity index (χ0n) is 14.0. The number of hydrogen-bond donors (Lipinski definition) is 1. The van der Waals surface area contributed by atoms with Gasteiger partial charge in [0.05, 0.1) is 12.4 Å². The summed E-state index contributed by atoms with van der Waals surface area (Å²) in [6, 6.07) is 9.61. The lowest BCUT2D eigenvalue weighted by atomic mass is 9.98. The normalized spacial score (nSPS) is 26.1. The Balaban J connectivity index is 1.48. The Morgan fingerprint density at radius 3 is 2.52 bits per heavy atom. The Kier molecular flexibility index (Phi) is 5.49. The number of carbonyl (C=O) groups is 1. The molecule has 2 aliphatic rings. The van der Waals surface area contributed by atoms with E-state index in [0.717, 1.165) is 23.5 Å². The quantitative estimate of drug-likeness (QED) is 0.812. The van der Waals surface area contributed by atoms with Crippen molar-refractivity contribution >= 4 is 17.7 Å². The van der Waals surface area contributed by atoms with E-state index in [4.69, 9.17) is 4.74 Å². The molecule has 2 unspecified atom stereocenters. The summed E-state index contributed by atoms with van der Waals surface area (Å²) < 4.78 is 5.44. The highest BCUT2D eigenvalue weighted by Gasteiger charge is 2.36. The van der Waals surface area contributed by atoms with Gasteiger partial charge in [0, 0.05) is 30.1 Å². The molecule has 1 aromatic carbocycles. The number of thioether (sulfide) groups is 1. The summed E-state index contributed by atoms with van der Waals surface area (Å²) in [7, 11) is 1.97. The van der Waals surface area contributed by atoms with Crippen LogP contribution in [0.1, 0.15) is 32.6 Å². The van der Waals surface area contributed by atoms with E-state index < -0.39 is 0 Å². The minimum atomic E-state index is 0.232. The van der Waals surface area contributed by atoms with E-state index in [1.165, 1.54) is 12.8 Å². The van der Waals surface area contributed by atoms with Gasteiger partial charge in [0.2, 0.25) is 5.91 Å². The van der Waals surface area contributed by atoms with E-state index in [0.29, 0.717) is 30.5 Å². The lowest BCUT2D eigenvalue weighted by molar-refractivity contribution is -0.129. The van der Waals surface area contributed by atoms with Crippen molar-refractivity contribution in [3.8, 4) is 5.75 Å². The molecule has 4 nitrogen and oxygen atoms in total. The molecule has 1 amide bonds. The smallest absolute Gasteiger partial charge is 0.232 e. The maximum absolute atomic E-state index is 12.5. The number of hydrogen-bond acceptors (Lipinski definition) is 4. The first kappa shape index (κ1) is 16.7. The zero-order valence-corrected chi connectivity index (χ0v) is 14.8. The summed E-state index contributed by atoms with van der Waals surface area (Å²) in [6.07, 6.45) is 4.74. The standard InChI is InChI=1S/C18H26N2O2S/c1-3-22-16-6-8-17(9-7-16)23-12-18(21)20(2)15-10-13-4-5-14(11-15)19-13/h6-9,13-15,19H,3-5,10-12H2,1-2H3. The maximum atomic E-state index is 12.5. The minimum absolute atomic E-state index is 0.232. The molecular formula is C18H26N2O2S. The van der Waals surface area contributed by atoms with Crippen molar-refractivity contribution in [1.29, 1.82) is 0 Å². The van der Waals surface area contributed by atoms with E-state index in [1.807, 2.05) is 43.1 Å². The molecule has 0 saturated carbocycles. The molecule has 5 heteroatoms. The Labute approximate surface area is 143 Å². The third-order valence-electron chi connectivity index (χ3n) is 4.89. The fourth-order valence-electron chi connectivity index (χ4n) is 3.59. The molecule has 0 aliphatic carbocycles. The van der Waals surface area contributed by atoms with Crippen molar-refractivity contribution in [2.45, 2.75) is 55.6 Å². The molecule has 0 radical (unpaired) electrons. The molecule has 126 valence electrons. The molecule has 23 heavy (non-hydrogen) atoms. The molecular weight excluding hydrogens is 308 g/mol. The third-order valence-corrected chi connectivity index (χ3v) is 5.88. The van der Waals surface area contributed by atoms with Crippen LogP contribution in [-0.4, -0.2) is 48.3 Å². The molecule has 2 fully saturated rings. The Bertz CT molecular complexity index is 522. The summed E-state index contributed by atoms with van der Waals surface area (Å²) in [6.45, 7) is 2.65. The first-order valence-corrected chi connectivity index (χ1v) is 9.51. The molecule has 3 rings (SSSR count). The van der Waals surface area contributed by atoms with E-state index in [9.17, 15) is 4.79 Å². The predicted molar refractivity (Wildman–Crippen MR) is 94.1 cm³/mol. The number of amides is 1. The average Bonchev–Trinajstić information content (AvgIpc) is 2.91. The van der Waals surface area contributed by atoms with Crippen molar-refractivity contribution in [2.75, 3.05) is 19.4 Å². The van der Waals surface area contributed by atoms with Crippen molar-refractivity contribution < 1.29 is 9.53 Å². The Morgan fingerprint density at radius 2 is 1.91 bits per heavy atom. The monoisotopic (exact) mass is 334 g/mol. The second kappa shape index (κ2) is 7.58.